The van der Waals surface area contributed by atoms with Crippen molar-refractivity contribution in [1.82, 2.24) is 15.0 Å². The molecular formula is C27H34N6O2. The fraction of sp³-hybridized carbons (Fsp3) is 0.407. The molecule has 0 aliphatic carbocycles. The van der Waals surface area contributed by atoms with E-state index in [4.69, 9.17) is 4.74 Å². The molecule has 35 heavy (non-hydrogen) atoms. The summed E-state index contributed by atoms with van der Waals surface area (Å²) in [6, 6.07) is 16.2. The van der Waals surface area contributed by atoms with Crippen molar-refractivity contribution in [3.8, 4) is 0 Å². The third-order valence-corrected chi connectivity index (χ3v) is 6.01. The van der Waals surface area contributed by atoms with Gasteiger partial charge in [0.1, 0.15) is 6.33 Å². The lowest BCUT2D eigenvalue weighted by Crippen LogP contribution is -2.38. The smallest absolute Gasteiger partial charge is 0.231 e. The molecule has 0 saturated carbocycles. The molecule has 0 bridgehead atoms. The van der Waals surface area contributed by atoms with Crippen LogP contribution < -0.4 is 15.5 Å². The fourth-order valence-corrected chi connectivity index (χ4v) is 4.21. The first-order valence-electron chi connectivity index (χ1n) is 12.1. The molecule has 1 aliphatic rings. The van der Waals surface area contributed by atoms with Crippen molar-refractivity contribution in [3.05, 3.63) is 66.0 Å². The highest BCUT2D eigenvalue weighted by Gasteiger charge is 2.22. The summed E-state index contributed by atoms with van der Waals surface area (Å²) in [5.41, 5.74) is 3.73. The normalized spacial score (nSPS) is 14.6. The number of benzene rings is 2. The van der Waals surface area contributed by atoms with Crippen LogP contribution in [0.2, 0.25) is 0 Å². The van der Waals surface area contributed by atoms with Gasteiger partial charge in [0.2, 0.25) is 17.8 Å². The first-order chi connectivity index (χ1) is 16.8. The minimum absolute atomic E-state index is 0.104. The highest BCUT2D eigenvalue weighted by molar-refractivity contribution is 5.90. The second kappa shape index (κ2) is 10.8. The molecule has 1 fully saturated rings. The van der Waals surface area contributed by atoms with Crippen LogP contribution in [0.15, 0.2) is 54.9 Å². The van der Waals surface area contributed by atoms with E-state index in [1.807, 2.05) is 36.4 Å². The van der Waals surface area contributed by atoms with E-state index in [0.29, 0.717) is 18.5 Å². The number of ether oxygens (including phenoxy) is 1. The molecule has 0 unspecified atom stereocenters. The van der Waals surface area contributed by atoms with Crippen LogP contribution in [0.25, 0.3) is 0 Å². The monoisotopic (exact) mass is 474 g/mol. The summed E-state index contributed by atoms with van der Waals surface area (Å²) in [6.45, 7) is 10.2. The van der Waals surface area contributed by atoms with E-state index < -0.39 is 0 Å². The molecule has 2 heterocycles. The zero-order chi connectivity index (χ0) is 24.8. The minimum atomic E-state index is -0.105. The predicted octanol–water partition coefficient (Wildman–Crippen LogP) is 5.06. The molecule has 0 atom stereocenters. The van der Waals surface area contributed by atoms with E-state index in [1.165, 1.54) is 18.8 Å². The van der Waals surface area contributed by atoms with Crippen LogP contribution in [-0.2, 0) is 21.6 Å². The maximum atomic E-state index is 11.7. The van der Waals surface area contributed by atoms with Gasteiger partial charge >= 0.3 is 0 Å². The molecule has 2 aromatic carbocycles. The van der Waals surface area contributed by atoms with Gasteiger partial charge in [0.05, 0.1) is 12.7 Å². The van der Waals surface area contributed by atoms with Crippen molar-refractivity contribution in [3.63, 3.8) is 0 Å². The van der Waals surface area contributed by atoms with Crippen LogP contribution in [0, 0.1) is 0 Å². The van der Waals surface area contributed by atoms with Crippen LogP contribution in [0.1, 0.15) is 51.7 Å². The number of nitrogens with zero attached hydrogens (tertiary/aromatic N) is 4. The quantitative estimate of drug-likeness (QED) is 0.495. The number of piperidine rings is 1. The van der Waals surface area contributed by atoms with E-state index in [0.717, 1.165) is 42.9 Å². The van der Waals surface area contributed by atoms with Gasteiger partial charge in [-0.25, -0.2) is 9.97 Å². The molecule has 3 aromatic rings. The average Bonchev–Trinajstić information content (AvgIpc) is 2.83. The van der Waals surface area contributed by atoms with Crippen LogP contribution >= 0.6 is 0 Å². The molecule has 1 saturated heterocycles. The summed E-state index contributed by atoms with van der Waals surface area (Å²) < 4.78 is 6.11. The Labute approximate surface area is 207 Å². The molecule has 2 N–H and O–H groups in total. The summed E-state index contributed by atoms with van der Waals surface area (Å²) in [4.78, 5) is 27.2. The summed E-state index contributed by atoms with van der Waals surface area (Å²) in [6.07, 6.45) is 3.62. The van der Waals surface area contributed by atoms with Crippen LogP contribution in [-0.4, -0.2) is 40.1 Å². The van der Waals surface area contributed by atoms with Gasteiger partial charge in [-0.15, -0.1) is 0 Å². The molecular weight excluding hydrogens is 440 g/mol. The van der Waals surface area contributed by atoms with Gasteiger partial charge in [-0.1, -0.05) is 57.2 Å². The Balaban J connectivity index is 1.38. The molecule has 0 radical (unpaired) electrons. The molecule has 4 rings (SSSR count). The topological polar surface area (TPSA) is 92.3 Å². The zero-order valence-corrected chi connectivity index (χ0v) is 20.9. The number of anilines is 4. The highest BCUT2D eigenvalue weighted by Crippen LogP contribution is 2.32. The molecule has 184 valence electrons. The van der Waals surface area contributed by atoms with Crippen molar-refractivity contribution in [1.29, 1.82) is 0 Å². The first kappa shape index (κ1) is 24.6. The number of amides is 1. The van der Waals surface area contributed by atoms with Gasteiger partial charge in [0.25, 0.3) is 0 Å². The number of aromatic nitrogens is 3. The number of hydrogen-bond donors (Lipinski definition) is 2. The van der Waals surface area contributed by atoms with E-state index in [2.05, 4.69) is 63.4 Å². The number of hydrogen-bond acceptors (Lipinski definition) is 7. The van der Waals surface area contributed by atoms with Crippen molar-refractivity contribution >= 4 is 29.2 Å². The van der Waals surface area contributed by atoms with Gasteiger partial charge in [0, 0.05) is 31.4 Å². The van der Waals surface area contributed by atoms with Gasteiger partial charge in [-0.3, -0.25) is 4.79 Å². The summed E-state index contributed by atoms with van der Waals surface area (Å²) >= 11 is 0. The minimum Gasteiger partial charge on any atom is -0.373 e. The van der Waals surface area contributed by atoms with E-state index in [-0.39, 0.29) is 17.4 Å². The molecule has 8 nitrogen and oxygen atoms in total. The van der Waals surface area contributed by atoms with Gasteiger partial charge in [-0.05, 0) is 41.5 Å². The fourth-order valence-electron chi connectivity index (χ4n) is 4.21. The third-order valence-electron chi connectivity index (χ3n) is 6.01. The second-order valence-corrected chi connectivity index (χ2v) is 9.91. The summed E-state index contributed by atoms with van der Waals surface area (Å²) in [7, 11) is 0. The maximum absolute atomic E-state index is 11.7. The van der Waals surface area contributed by atoms with Crippen molar-refractivity contribution in [2.45, 2.75) is 58.7 Å². The molecule has 1 aromatic heterocycles. The predicted molar refractivity (Wildman–Crippen MR) is 139 cm³/mol. The zero-order valence-electron chi connectivity index (χ0n) is 20.9. The number of nitrogens with one attached hydrogen (secondary N) is 2. The lowest BCUT2D eigenvalue weighted by molar-refractivity contribution is -0.114. The van der Waals surface area contributed by atoms with Crippen LogP contribution in [0.4, 0.5) is 23.3 Å². The Morgan fingerprint density at radius 1 is 1.09 bits per heavy atom. The number of rotatable bonds is 7. The Bertz CT molecular complexity index is 1140. The Morgan fingerprint density at radius 3 is 2.51 bits per heavy atom. The largest absolute Gasteiger partial charge is 0.373 e. The summed E-state index contributed by atoms with van der Waals surface area (Å²) in [5, 5.41) is 6.20. The van der Waals surface area contributed by atoms with E-state index in [1.54, 1.807) is 0 Å². The van der Waals surface area contributed by atoms with Crippen LogP contribution in [0.5, 0.6) is 0 Å². The number of carbonyl (C=O) groups is 1. The average molecular weight is 475 g/mol. The second-order valence-electron chi connectivity index (χ2n) is 9.91. The Kier molecular flexibility index (Phi) is 7.60. The van der Waals surface area contributed by atoms with Crippen LogP contribution in [0.3, 0.4) is 0 Å². The molecule has 1 amide bonds. The van der Waals surface area contributed by atoms with E-state index in [9.17, 15) is 4.79 Å². The lowest BCUT2D eigenvalue weighted by atomic mass is 9.85. The van der Waals surface area contributed by atoms with E-state index >= 15 is 0 Å². The standard InChI is InChI=1S/C27H34N6O2/c1-19(34)30-24-16-21(10-11-23(24)27(2,3)4)31-25-28-18-29-26(32-25)33-14-12-22(13-15-33)35-17-20-8-6-5-7-9-20/h5-11,16,18,22H,12-15,17H2,1-4H3,(H,30,34)(H,28,29,31,32). The van der Waals surface area contributed by atoms with Crippen molar-refractivity contribution in [2.75, 3.05) is 28.6 Å². The van der Waals surface area contributed by atoms with Crippen molar-refractivity contribution in [2.24, 2.45) is 0 Å². The molecule has 8 heteroatoms. The van der Waals surface area contributed by atoms with Crippen molar-refractivity contribution < 1.29 is 9.53 Å². The van der Waals surface area contributed by atoms with Gasteiger partial charge < -0.3 is 20.3 Å². The highest BCUT2D eigenvalue weighted by atomic mass is 16.5. The number of carbonyl (C=O) groups excluding carboxylic acids is 1. The van der Waals surface area contributed by atoms with Gasteiger partial charge in [0.15, 0.2) is 0 Å². The maximum Gasteiger partial charge on any atom is 0.231 e. The lowest BCUT2D eigenvalue weighted by Gasteiger charge is -2.32. The Hall–Kier alpha value is -3.52. The first-order valence-corrected chi connectivity index (χ1v) is 12.1. The SMILES string of the molecule is CC(=O)Nc1cc(Nc2ncnc(N3CCC(OCc4ccccc4)CC3)n2)ccc1C(C)(C)C. The molecule has 0 spiro atoms. The summed E-state index contributed by atoms with van der Waals surface area (Å²) in [5.74, 6) is 1.01. The van der Waals surface area contributed by atoms with Gasteiger partial charge in [-0.2, -0.15) is 4.98 Å². The third kappa shape index (κ3) is 6.76. The molecule has 1 aliphatic heterocycles. The Morgan fingerprint density at radius 2 is 1.83 bits per heavy atom.